The molecule has 60 valence electrons. The highest BCUT2D eigenvalue weighted by molar-refractivity contribution is 5.28. The van der Waals surface area contributed by atoms with Crippen molar-refractivity contribution < 1.29 is 0 Å². The molecule has 0 aliphatic rings. The van der Waals surface area contributed by atoms with Crippen molar-refractivity contribution in [2.45, 2.75) is 0 Å². The van der Waals surface area contributed by atoms with Crippen LogP contribution in [-0.4, -0.2) is 24.7 Å². The van der Waals surface area contributed by atoms with Gasteiger partial charge >= 0.3 is 0 Å². The lowest BCUT2D eigenvalue weighted by Gasteiger charge is -1.97. The van der Waals surface area contributed by atoms with Crippen LogP contribution in [0.4, 0.5) is 5.82 Å². The SMILES string of the molecule is Nc1ccnc(-n2cncn2)n1. The van der Waals surface area contributed by atoms with Crippen LogP contribution in [0.3, 0.4) is 0 Å². The van der Waals surface area contributed by atoms with E-state index in [1.54, 1.807) is 12.3 Å². The molecule has 0 bridgehead atoms. The van der Waals surface area contributed by atoms with Crippen molar-refractivity contribution in [3.63, 3.8) is 0 Å². The van der Waals surface area contributed by atoms with E-state index in [1.165, 1.54) is 17.3 Å². The fraction of sp³-hybridized carbons (Fsp3) is 0. The summed E-state index contributed by atoms with van der Waals surface area (Å²) >= 11 is 0. The maximum absolute atomic E-state index is 5.45. The van der Waals surface area contributed by atoms with Crippen LogP contribution in [0, 0.1) is 0 Å². The maximum Gasteiger partial charge on any atom is 0.253 e. The monoisotopic (exact) mass is 162 g/mol. The molecule has 0 saturated carbocycles. The third-order valence-corrected chi connectivity index (χ3v) is 1.29. The average molecular weight is 162 g/mol. The minimum absolute atomic E-state index is 0.413. The normalized spacial score (nSPS) is 10.0. The van der Waals surface area contributed by atoms with Crippen LogP contribution in [0.15, 0.2) is 24.9 Å². The first-order valence-electron chi connectivity index (χ1n) is 3.30. The van der Waals surface area contributed by atoms with Gasteiger partial charge in [0.05, 0.1) is 0 Å². The van der Waals surface area contributed by atoms with Gasteiger partial charge in [-0.1, -0.05) is 0 Å². The molecular weight excluding hydrogens is 156 g/mol. The summed E-state index contributed by atoms with van der Waals surface area (Å²) in [6, 6.07) is 1.61. The molecule has 0 radical (unpaired) electrons. The van der Waals surface area contributed by atoms with E-state index < -0.39 is 0 Å². The van der Waals surface area contributed by atoms with Crippen LogP contribution < -0.4 is 5.73 Å². The van der Waals surface area contributed by atoms with Crippen LogP contribution in [0.2, 0.25) is 0 Å². The standard InChI is InChI=1S/C6H6N6/c7-5-1-2-9-6(11-5)12-4-8-3-10-12/h1-4H,(H2,7,9,11). The van der Waals surface area contributed by atoms with E-state index in [0.717, 1.165) is 0 Å². The minimum atomic E-state index is 0.413. The van der Waals surface area contributed by atoms with E-state index in [-0.39, 0.29) is 0 Å². The Labute approximate surface area is 68.1 Å². The second-order valence-electron chi connectivity index (χ2n) is 2.12. The van der Waals surface area contributed by atoms with Gasteiger partial charge in [0.25, 0.3) is 5.95 Å². The van der Waals surface area contributed by atoms with Gasteiger partial charge in [0, 0.05) is 6.20 Å². The third-order valence-electron chi connectivity index (χ3n) is 1.29. The summed E-state index contributed by atoms with van der Waals surface area (Å²) in [5, 5.41) is 3.85. The van der Waals surface area contributed by atoms with Crippen molar-refractivity contribution in [1.82, 2.24) is 24.7 Å². The molecule has 0 aliphatic carbocycles. The van der Waals surface area contributed by atoms with Gasteiger partial charge in [-0.05, 0) is 6.07 Å². The minimum Gasteiger partial charge on any atom is -0.384 e. The Morgan fingerprint density at radius 3 is 3.00 bits per heavy atom. The quantitative estimate of drug-likeness (QED) is 0.619. The number of nitrogens with two attached hydrogens (primary N) is 1. The molecule has 2 rings (SSSR count). The third kappa shape index (κ3) is 1.09. The van der Waals surface area contributed by atoms with Gasteiger partial charge in [0.15, 0.2) is 0 Å². The summed E-state index contributed by atoms with van der Waals surface area (Å²) in [4.78, 5) is 11.7. The molecule has 0 unspecified atom stereocenters. The van der Waals surface area contributed by atoms with Crippen molar-refractivity contribution in [2.24, 2.45) is 0 Å². The molecule has 12 heavy (non-hydrogen) atoms. The van der Waals surface area contributed by atoms with Crippen molar-refractivity contribution in [3.8, 4) is 5.95 Å². The zero-order valence-electron chi connectivity index (χ0n) is 6.12. The number of nitrogens with zero attached hydrogens (tertiary/aromatic N) is 5. The molecule has 6 heteroatoms. The first-order chi connectivity index (χ1) is 5.86. The number of hydrogen-bond donors (Lipinski definition) is 1. The zero-order chi connectivity index (χ0) is 8.39. The van der Waals surface area contributed by atoms with E-state index >= 15 is 0 Å². The Morgan fingerprint density at radius 2 is 2.33 bits per heavy atom. The van der Waals surface area contributed by atoms with Crippen LogP contribution >= 0.6 is 0 Å². The van der Waals surface area contributed by atoms with E-state index in [4.69, 9.17) is 5.73 Å². The van der Waals surface area contributed by atoms with E-state index in [1.807, 2.05) is 0 Å². The lowest BCUT2D eigenvalue weighted by Crippen LogP contribution is -2.03. The molecule has 0 saturated heterocycles. The summed E-state index contributed by atoms with van der Waals surface area (Å²) < 4.78 is 1.44. The molecule has 2 aromatic rings. The van der Waals surface area contributed by atoms with Crippen molar-refractivity contribution in [1.29, 1.82) is 0 Å². The van der Waals surface area contributed by atoms with Gasteiger partial charge in [-0.2, -0.15) is 14.8 Å². The van der Waals surface area contributed by atoms with Crippen LogP contribution in [0.5, 0.6) is 0 Å². The highest BCUT2D eigenvalue weighted by Gasteiger charge is 1.98. The Bertz CT molecular complexity index is 367. The van der Waals surface area contributed by atoms with Crippen molar-refractivity contribution >= 4 is 5.82 Å². The summed E-state index contributed by atoms with van der Waals surface area (Å²) in [5.41, 5.74) is 5.45. The van der Waals surface area contributed by atoms with E-state index in [0.29, 0.717) is 11.8 Å². The first-order valence-corrected chi connectivity index (χ1v) is 3.30. The van der Waals surface area contributed by atoms with Crippen molar-refractivity contribution in [2.75, 3.05) is 5.73 Å². The predicted octanol–water partition coefficient (Wildman–Crippen LogP) is -0.361. The van der Waals surface area contributed by atoms with Gasteiger partial charge in [-0.15, -0.1) is 0 Å². The number of aromatic nitrogens is 5. The molecule has 0 spiro atoms. The number of hydrogen-bond acceptors (Lipinski definition) is 5. The van der Waals surface area contributed by atoms with Gasteiger partial charge in [-0.25, -0.2) is 9.97 Å². The number of nitrogen functional groups attached to an aromatic ring is 1. The molecule has 2 heterocycles. The summed E-state index contributed by atoms with van der Waals surface area (Å²) in [6.45, 7) is 0. The molecule has 2 N–H and O–H groups in total. The fourth-order valence-corrected chi connectivity index (χ4v) is 0.784. The van der Waals surface area contributed by atoms with Crippen molar-refractivity contribution in [3.05, 3.63) is 24.9 Å². The van der Waals surface area contributed by atoms with Crippen LogP contribution in [0.25, 0.3) is 5.95 Å². The zero-order valence-corrected chi connectivity index (χ0v) is 6.12. The van der Waals surface area contributed by atoms with Crippen LogP contribution in [-0.2, 0) is 0 Å². The summed E-state index contributed by atoms with van der Waals surface area (Å²) in [5.74, 6) is 0.836. The maximum atomic E-state index is 5.45. The molecule has 0 fully saturated rings. The lowest BCUT2D eigenvalue weighted by atomic mass is 10.6. The number of anilines is 1. The lowest BCUT2D eigenvalue weighted by molar-refractivity contribution is 0.809. The average Bonchev–Trinajstić information content (AvgIpc) is 2.56. The van der Waals surface area contributed by atoms with Gasteiger partial charge in [-0.3, -0.25) is 0 Å². The molecule has 6 nitrogen and oxygen atoms in total. The first kappa shape index (κ1) is 6.71. The smallest absolute Gasteiger partial charge is 0.253 e. The van der Waals surface area contributed by atoms with Gasteiger partial charge in [0.2, 0.25) is 0 Å². The second kappa shape index (κ2) is 2.57. The molecule has 2 aromatic heterocycles. The topological polar surface area (TPSA) is 82.5 Å². The Kier molecular flexibility index (Phi) is 1.44. The highest BCUT2D eigenvalue weighted by Crippen LogP contribution is 1.99. The van der Waals surface area contributed by atoms with E-state index in [9.17, 15) is 0 Å². The molecule has 0 atom stereocenters. The molecular formula is C6H6N6. The Morgan fingerprint density at radius 1 is 1.42 bits per heavy atom. The summed E-state index contributed by atoms with van der Waals surface area (Å²) in [7, 11) is 0. The Balaban J connectivity index is 2.48. The predicted molar refractivity (Wildman–Crippen MR) is 41.4 cm³/mol. The molecule has 0 aliphatic heterocycles. The molecule has 0 amide bonds. The fourth-order valence-electron chi connectivity index (χ4n) is 0.784. The van der Waals surface area contributed by atoms with Gasteiger partial charge < -0.3 is 5.73 Å². The highest BCUT2D eigenvalue weighted by atomic mass is 15.4. The largest absolute Gasteiger partial charge is 0.384 e. The van der Waals surface area contributed by atoms with E-state index in [2.05, 4.69) is 20.1 Å². The van der Waals surface area contributed by atoms with Gasteiger partial charge in [0.1, 0.15) is 18.5 Å². The second-order valence-corrected chi connectivity index (χ2v) is 2.12. The Hall–Kier alpha value is -1.98. The molecule has 0 aromatic carbocycles. The number of rotatable bonds is 1. The summed E-state index contributed by atoms with van der Waals surface area (Å²) in [6.07, 6.45) is 4.49. The van der Waals surface area contributed by atoms with Crippen LogP contribution in [0.1, 0.15) is 0 Å².